The van der Waals surface area contributed by atoms with Crippen molar-refractivity contribution in [1.82, 2.24) is 5.32 Å². The first-order chi connectivity index (χ1) is 14.0. The fourth-order valence-corrected chi connectivity index (χ4v) is 3.31. The Bertz CT molecular complexity index is 994. The number of benzene rings is 3. The number of carbonyl (C=O) groups is 1. The maximum atomic E-state index is 12.9. The molecule has 0 aromatic heterocycles. The normalized spacial score (nSPS) is 10.3. The molecule has 0 heterocycles. The molecule has 0 bridgehead atoms. The molecule has 0 radical (unpaired) electrons. The van der Waals surface area contributed by atoms with Gasteiger partial charge in [-0.3, -0.25) is 4.79 Å². The largest absolute Gasteiger partial charge is 0.362 e. The van der Waals surface area contributed by atoms with Crippen LogP contribution >= 0.6 is 28.1 Å². The van der Waals surface area contributed by atoms with Gasteiger partial charge >= 0.3 is 0 Å². The molecule has 0 aliphatic rings. The van der Waals surface area contributed by atoms with Gasteiger partial charge < -0.3 is 16.0 Å². The maximum absolute atomic E-state index is 12.9. The van der Waals surface area contributed by atoms with Gasteiger partial charge in [-0.05, 0) is 88.7 Å². The molecule has 3 aromatic carbocycles. The minimum atomic E-state index is -0.241. The van der Waals surface area contributed by atoms with Gasteiger partial charge in [0, 0.05) is 22.4 Å². The SMILES string of the molecule is O=C(Nc1ccc(NC(=S)NCCc2ccc(F)cc2)cc1)c1ccccc1Br. The number of rotatable bonds is 6. The number of amides is 1. The Balaban J connectivity index is 1.47. The molecule has 1 amide bonds. The fourth-order valence-electron chi connectivity index (χ4n) is 2.63. The molecule has 0 fully saturated rings. The van der Waals surface area contributed by atoms with E-state index in [1.807, 2.05) is 30.3 Å². The molecule has 3 N–H and O–H groups in total. The second-order valence-corrected chi connectivity index (χ2v) is 7.53. The summed E-state index contributed by atoms with van der Waals surface area (Å²) in [5.74, 6) is -0.425. The van der Waals surface area contributed by atoms with Gasteiger partial charge in [-0.2, -0.15) is 0 Å². The molecule has 0 saturated carbocycles. The summed E-state index contributed by atoms with van der Waals surface area (Å²) in [7, 11) is 0. The highest BCUT2D eigenvalue weighted by atomic mass is 79.9. The number of thiocarbonyl (C=S) groups is 1. The van der Waals surface area contributed by atoms with Gasteiger partial charge in [0.25, 0.3) is 5.91 Å². The molecule has 0 spiro atoms. The molecule has 0 atom stereocenters. The van der Waals surface area contributed by atoms with Crippen molar-refractivity contribution in [1.29, 1.82) is 0 Å². The third-order valence-electron chi connectivity index (χ3n) is 4.13. The summed E-state index contributed by atoms with van der Waals surface area (Å²) in [4.78, 5) is 12.3. The zero-order valence-corrected chi connectivity index (χ0v) is 17.8. The Morgan fingerprint density at radius 2 is 1.52 bits per heavy atom. The van der Waals surface area contributed by atoms with E-state index in [1.165, 1.54) is 12.1 Å². The average Bonchev–Trinajstić information content (AvgIpc) is 2.71. The van der Waals surface area contributed by atoms with Gasteiger partial charge in [-0.25, -0.2) is 4.39 Å². The fraction of sp³-hybridized carbons (Fsp3) is 0.0909. The summed E-state index contributed by atoms with van der Waals surface area (Å²) in [6, 6.07) is 20.9. The third-order valence-corrected chi connectivity index (χ3v) is 5.07. The summed E-state index contributed by atoms with van der Waals surface area (Å²) in [6.07, 6.45) is 0.738. The lowest BCUT2D eigenvalue weighted by Gasteiger charge is -2.12. The van der Waals surface area contributed by atoms with Crippen LogP contribution in [0.25, 0.3) is 0 Å². The van der Waals surface area contributed by atoms with Crippen LogP contribution in [0.3, 0.4) is 0 Å². The monoisotopic (exact) mass is 471 g/mol. The third kappa shape index (κ3) is 6.37. The van der Waals surface area contributed by atoms with Gasteiger partial charge in [0.15, 0.2) is 5.11 Å². The second-order valence-electron chi connectivity index (χ2n) is 6.27. The van der Waals surface area contributed by atoms with Gasteiger partial charge in [-0.1, -0.05) is 24.3 Å². The highest BCUT2D eigenvalue weighted by Gasteiger charge is 2.09. The van der Waals surface area contributed by atoms with Crippen LogP contribution in [0.2, 0.25) is 0 Å². The molecule has 0 aliphatic carbocycles. The van der Waals surface area contributed by atoms with Gasteiger partial charge in [0.2, 0.25) is 0 Å². The Labute approximate surface area is 182 Å². The number of halogens is 2. The van der Waals surface area contributed by atoms with Gasteiger partial charge in [0.05, 0.1) is 5.56 Å². The smallest absolute Gasteiger partial charge is 0.256 e. The molecule has 7 heteroatoms. The van der Waals surface area contributed by atoms with Crippen molar-refractivity contribution >= 4 is 50.5 Å². The first kappa shape index (κ1) is 21.0. The van der Waals surface area contributed by atoms with Crippen molar-refractivity contribution in [3.05, 3.63) is 94.2 Å². The minimum Gasteiger partial charge on any atom is -0.362 e. The van der Waals surface area contributed by atoms with E-state index >= 15 is 0 Å². The van der Waals surface area contributed by atoms with E-state index in [0.717, 1.165) is 22.1 Å². The van der Waals surface area contributed by atoms with Crippen LogP contribution in [-0.4, -0.2) is 17.6 Å². The number of nitrogens with one attached hydrogen (secondary N) is 3. The van der Waals surface area contributed by atoms with E-state index < -0.39 is 0 Å². The van der Waals surface area contributed by atoms with Crippen LogP contribution in [-0.2, 0) is 6.42 Å². The highest BCUT2D eigenvalue weighted by Crippen LogP contribution is 2.19. The standard InChI is InChI=1S/C22H19BrFN3OS/c23-20-4-2-1-3-19(20)21(28)26-17-9-11-18(12-10-17)27-22(29)25-14-13-15-5-7-16(24)8-6-15/h1-12H,13-14H2,(H,26,28)(H2,25,27,29). The van der Waals surface area contributed by atoms with Crippen molar-refractivity contribution in [3.63, 3.8) is 0 Å². The van der Waals surface area contributed by atoms with Gasteiger partial charge in [-0.15, -0.1) is 0 Å². The molecule has 3 aromatic rings. The predicted octanol–water partition coefficient (Wildman–Crippen LogP) is 5.37. The molecule has 0 aliphatic heterocycles. The zero-order chi connectivity index (χ0) is 20.6. The number of anilines is 2. The topological polar surface area (TPSA) is 53.2 Å². The van der Waals surface area contributed by atoms with E-state index in [0.29, 0.717) is 22.9 Å². The summed E-state index contributed by atoms with van der Waals surface area (Å²) < 4.78 is 13.7. The van der Waals surface area contributed by atoms with Crippen molar-refractivity contribution < 1.29 is 9.18 Å². The lowest BCUT2D eigenvalue weighted by Crippen LogP contribution is -2.30. The number of hydrogen-bond acceptors (Lipinski definition) is 2. The number of carbonyl (C=O) groups excluding carboxylic acids is 1. The summed E-state index contributed by atoms with van der Waals surface area (Å²) in [5, 5.41) is 9.58. The van der Waals surface area contributed by atoms with E-state index in [2.05, 4.69) is 31.9 Å². The quantitative estimate of drug-likeness (QED) is 0.423. The molecule has 148 valence electrons. The predicted molar refractivity (Wildman–Crippen MR) is 123 cm³/mol. The van der Waals surface area contributed by atoms with Crippen molar-refractivity contribution in [2.45, 2.75) is 6.42 Å². The van der Waals surface area contributed by atoms with Crippen LogP contribution in [0.15, 0.2) is 77.3 Å². The van der Waals surface area contributed by atoms with E-state index in [4.69, 9.17) is 12.2 Å². The lowest BCUT2D eigenvalue weighted by molar-refractivity contribution is 0.102. The Kier molecular flexibility index (Phi) is 7.32. The zero-order valence-electron chi connectivity index (χ0n) is 15.4. The van der Waals surface area contributed by atoms with Gasteiger partial charge in [0.1, 0.15) is 5.82 Å². The van der Waals surface area contributed by atoms with Crippen LogP contribution in [0.1, 0.15) is 15.9 Å². The summed E-state index contributed by atoms with van der Waals surface area (Å²) in [6.45, 7) is 0.636. The minimum absolute atomic E-state index is 0.184. The molecule has 29 heavy (non-hydrogen) atoms. The summed E-state index contributed by atoms with van der Waals surface area (Å²) in [5.41, 5.74) is 3.10. The Hall–Kier alpha value is -2.77. The van der Waals surface area contributed by atoms with Crippen molar-refractivity contribution in [3.8, 4) is 0 Å². The maximum Gasteiger partial charge on any atom is 0.256 e. The van der Waals surface area contributed by atoms with Crippen LogP contribution in [0, 0.1) is 5.82 Å². The van der Waals surface area contributed by atoms with Crippen molar-refractivity contribution in [2.75, 3.05) is 17.2 Å². The van der Waals surface area contributed by atoms with Crippen molar-refractivity contribution in [2.24, 2.45) is 0 Å². The first-order valence-corrected chi connectivity index (χ1v) is 10.2. The van der Waals surface area contributed by atoms with E-state index in [9.17, 15) is 9.18 Å². The Morgan fingerprint density at radius 3 is 2.17 bits per heavy atom. The Morgan fingerprint density at radius 1 is 0.897 bits per heavy atom. The highest BCUT2D eigenvalue weighted by molar-refractivity contribution is 9.10. The second kappa shape index (κ2) is 10.1. The molecular formula is C22H19BrFN3OS. The summed E-state index contributed by atoms with van der Waals surface area (Å²) >= 11 is 8.67. The molecule has 3 rings (SSSR count). The number of hydrogen-bond donors (Lipinski definition) is 3. The average molecular weight is 472 g/mol. The van der Waals surface area contributed by atoms with E-state index in [1.54, 1.807) is 30.3 Å². The molecular weight excluding hydrogens is 453 g/mol. The molecule has 4 nitrogen and oxygen atoms in total. The molecule has 0 saturated heterocycles. The van der Waals surface area contributed by atoms with Crippen LogP contribution < -0.4 is 16.0 Å². The lowest BCUT2D eigenvalue weighted by atomic mass is 10.1. The first-order valence-electron chi connectivity index (χ1n) is 8.96. The van der Waals surface area contributed by atoms with Crippen LogP contribution in [0.5, 0.6) is 0 Å². The molecule has 0 unspecified atom stereocenters. The van der Waals surface area contributed by atoms with Crippen LogP contribution in [0.4, 0.5) is 15.8 Å². The van der Waals surface area contributed by atoms with E-state index in [-0.39, 0.29) is 11.7 Å².